The van der Waals surface area contributed by atoms with Gasteiger partial charge in [0.2, 0.25) is 0 Å². The molecule has 0 unspecified atom stereocenters. The summed E-state index contributed by atoms with van der Waals surface area (Å²) in [6, 6.07) is 6.89. The average molecular weight is 265 g/mol. The zero-order chi connectivity index (χ0) is 13.1. The minimum Gasteiger partial charge on any atom is -0.496 e. The van der Waals surface area contributed by atoms with Crippen molar-refractivity contribution in [3.8, 4) is 21.9 Å². The molecule has 0 spiro atoms. The van der Waals surface area contributed by atoms with Crippen LogP contribution in [-0.4, -0.2) is 29.7 Å². The number of aromatic nitrogens is 1. The summed E-state index contributed by atoms with van der Waals surface area (Å²) in [6.45, 7) is 0. The summed E-state index contributed by atoms with van der Waals surface area (Å²) in [4.78, 5) is 11.5. The lowest BCUT2D eigenvalue weighted by atomic mass is 10.1. The number of hydrogen-bond acceptors (Lipinski definition) is 5. The monoisotopic (exact) mass is 265 g/mol. The van der Waals surface area contributed by atoms with Crippen molar-refractivity contribution in [2.45, 2.75) is 0 Å². The van der Waals surface area contributed by atoms with Crippen molar-refractivity contribution in [2.24, 2.45) is 0 Å². The topological polar surface area (TPSA) is 68.7 Å². The average Bonchev–Trinajstić information content (AvgIpc) is 2.87. The molecule has 1 N–H and O–H groups in total. The molecule has 0 saturated carbocycles. The Hall–Kier alpha value is -2.08. The smallest absolute Gasteiger partial charge is 0.355 e. The van der Waals surface area contributed by atoms with E-state index in [0.29, 0.717) is 21.9 Å². The lowest BCUT2D eigenvalue weighted by Crippen LogP contribution is -1.95. The van der Waals surface area contributed by atoms with Crippen LogP contribution in [0.2, 0.25) is 0 Å². The van der Waals surface area contributed by atoms with Crippen molar-refractivity contribution in [1.29, 1.82) is 0 Å². The van der Waals surface area contributed by atoms with Crippen LogP contribution in [0.4, 0.5) is 0 Å². The number of nitrogens with zero attached hydrogens (tertiary/aromatic N) is 1. The van der Waals surface area contributed by atoms with Gasteiger partial charge in [-0.2, -0.15) is 4.37 Å². The van der Waals surface area contributed by atoms with Crippen molar-refractivity contribution < 1.29 is 19.4 Å². The van der Waals surface area contributed by atoms with Crippen LogP contribution in [0.15, 0.2) is 24.3 Å². The number of carboxylic acids is 1. The molecule has 1 aromatic carbocycles. The Bertz CT molecular complexity index is 557. The largest absolute Gasteiger partial charge is 0.496 e. The minimum atomic E-state index is -1.05. The van der Waals surface area contributed by atoms with Crippen LogP contribution in [0.5, 0.6) is 11.5 Å². The number of hydrogen-bond donors (Lipinski definition) is 1. The number of aromatic carboxylic acids is 1. The highest BCUT2D eigenvalue weighted by Crippen LogP contribution is 2.40. The number of benzene rings is 1. The molecule has 5 nitrogen and oxygen atoms in total. The van der Waals surface area contributed by atoms with Crippen LogP contribution in [0.25, 0.3) is 10.4 Å². The first kappa shape index (κ1) is 12.4. The van der Waals surface area contributed by atoms with Crippen LogP contribution >= 0.6 is 11.5 Å². The fourth-order valence-electron chi connectivity index (χ4n) is 1.59. The normalized spacial score (nSPS) is 10.1. The molecule has 0 amide bonds. The maximum absolute atomic E-state index is 10.8. The van der Waals surface area contributed by atoms with Gasteiger partial charge in [-0.1, -0.05) is 6.07 Å². The fourth-order valence-corrected chi connectivity index (χ4v) is 2.37. The first-order valence-electron chi connectivity index (χ1n) is 5.08. The molecule has 0 fully saturated rings. The van der Waals surface area contributed by atoms with Gasteiger partial charge in [-0.3, -0.25) is 0 Å². The molecule has 0 radical (unpaired) electrons. The van der Waals surface area contributed by atoms with Crippen molar-refractivity contribution in [3.05, 3.63) is 30.0 Å². The molecule has 0 aliphatic carbocycles. The van der Waals surface area contributed by atoms with E-state index in [1.807, 2.05) is 0 Å². The van der Waals surface area contributed by atoms with Gasteiger partial charge < -0.3 is 14.6 Å². The van der Waals surface area contributed by atoms with Gasteiger partial charge in [0.25, 0.3) is 0 Å². The van der Waals surface area contributed by atoms with Crippen molar-refractivity contribution >= 4 is 17.5 Å². The molecular weight excluding hydrogens is 254 g/mol. The molecule has 94 valence electrons. The number of carboxylic acid groups (broad SMARTS) is 1. The molecule has 0 aliphatic heterocycles. The van der Waals surface area contributed by atoms with E-state index >= 15 is 0 Å². The van der Waals surface area contributed by atoms with Crippen LogP contribution in [0, 0.1) is 0 Å². The first-order chi connectivity index (χ1) is 8.67. The second kappa shape index (κ2) is 5.05. The van der Waals surface area contributed by atoms with Crippen LogP contribution in [-0.2, 0) is 0 Å². The lowest BCUT2D eigenvalue weighted by Gasteiger charge is -2.10. The SMILES string of the molecule is COc1cccc(OC)c1-c1cc(C(=O)O)ns1. The Morgan fingerprint density at radius 1 is 1.28 bits per heavy atom. The summed E-state index contributed by atoms with van der Waals surface area (Å²) in [7, 11) is 3.11. The predicted molar refractivity (Wildman–Crippen MR) is 67.6 cm³/mol. The number of rotatable bonds is 4. The molecule has 1 heterocycles. The maximum atomic E-state index is 10.8. The van der Waals surface area contributed by atoms with Crippen LogP contribution in [0.3, 0.4) is 0 Å². The van der Waals surface area contributed by atoms with Crippen LogP contribution in [0.1, 0.15) is 10.5 Å². The van der Waals surface area contributed by atoms with E-state index in [-0.39, 0.29) is 5.69 Å². The molecular formula is C12H11NO4S. The molecule has 0 atom stereocenters. The molecule has 2 rings (SSSR count). The van der Waals surface area contributed by atoms with Gasteiger partial charge in [0.15, 0.2) is 5.69 Å². The van der Waals surface area contributed by atoms with E-state index < -0.39 is 5.97 Å². The van der Waals surface area contributed by atoms with Gasteiger partial charge in [-0.15, -0.1) is 0 Å². The molecule has 18 heavy (non-hydrogen) atoms. The predicted octanol–water partition coefficient (Wildman–Crippen LogP) is 2.53. The van der Waals surface area contributed by atoms with E-state index in [0.717, 1.165) is 11.5 Å². The Labute approximate surface area is 108 Å². The number of ether oxygens (including phenoxy) is 2. The standard InChI is InChI=1S/C12H11NO4S/c1-16-8-4-3-5-9(17-2)11(8)10-6-7(12(14)15)13-18-10/h3-6H,1-2H3,(H,14,15). The second-order valence-corrected chi connectivity index (χ2v) is 4.22. The highest BCUT2D eigenvalue weighted by Gasteiger charge is 2.17. The molecule has 2 aromatic rings. The zero-order valence-corrected chi connectivity index (χ0v) is 10.7. The van der Waals surface area contributed by atoms with Crippen molar-refractivity contribution in [3.63, 3.8) is 0 Å². The van der Waals surface area contributed by atoms with E-state index in [9.17, 15) is 4.79 Å². The summed E-state index contributed by atoms with van der Waals surface area (Å²) in [5, 5.41) is 8.88. The van der Waals surface area contributed by atoms with E-state index in [1.54, 1.807) is 32.4 Å². The highest BCUT2D eigenvalue weighted by atomic mass is 32.1. The van der Waals surface area contributed by atoms with Gasteiger partial charge in [0.1, 0.15) is 11.5 Å². The summed E-state index contributed by atoms with van der Waals surface area (Å²) in [5.74, 6) is 0.191. The lowest BCUT2D eigenvalue weighted by molar-refractivity contribution is 0.0692. The highest BCUT2D eigenvalue weighted by molar-refractivity contribution is 7.09. The fraction of sp³-hybridized carbons (Fsp3) is 0.167. The third-order valence-corrected chi connectivity index (χ3v) is 3.21. The van der Waals surface area contributed by atoms with Crippen molar-refractivity contribution in [1.82, 2.24) is 4.37 Å². The Morgan fingerprint density at radius 3 is 2.33 bits per heavy atom. The quantitative estimate of drug-likeness (QED) is 0.920. The summed E-state index contributed by atoms with van der Waals surface area (Å²) < 4.78 is 14.4. The van der Waals surface area contributed by atoms with E-state index in [2.05, 4.69) is 4.37 Å². The number of methoxy groups -OCH3 is 2. The number of carbonyl (C=O) groups is 1. The second-order valence-electron chi connectivity index (χ2n) is 3.42. The van der Waals surface area contributed by atoms with Crippen LogP contribution < -0.4 is 9.47 Å². The van der Waals surface area contributed by atoms with Gasteiger partial charge in [0, 0.05) is 0 Å². The first-order valence-corrected chi connectivity index (χ1v) is 5.86. The van der Waals surface area contributed by atoms with E-state index in [1.165, 1.54) is 6.07 Å². The maximum Gasteiger partial charge on any atom is 0.355 e. The van der Waals surface area contributed by atoms with E-state index in [4.69, 9.17) is 14.6 Å². The van der Waals surface area contributed by atoms with Gasteiger partial charge in [-0.25, -0.2) is 4.79 Å². The van der Waals surface area contributed by atoms with Gasteiger partial charge in [-0.05, 0) is 29.7 Å². The summed E-state index contributed by atoms with van der Waals surface area (Å²) >= 11 is 1.10. The third-order valence-electron chi connectivity index (χ3n) is 2.40. The summed E-state index contributed by atoms with van der Waals surface area (Å²) in [6.07, 6.45) is 0. The molecule has 1 aromatic heterocycles. The zero-order valence-electron chi connectivity index (χ0n) is 9.84. The Kier molecular flexibility index (Phi) is 3.47. The molecule has 0 bridgehead atoms. The summed E-state index contributed by atoms with van der Waals surface area (Å²) in [5.41, 5.74) is 0.732. The minimum absolute atomic E-state index is 0.0166. The Balaban J connectivity index is 2.57. The molecule has 0 saturated heterocycles. The molecule has 0 aliphatic rings. The molecule has 6 heteroatoms. The van der Waals surface area contributed by atoms with Gasteiger partial charge >= 0.3 is 5.97 Å². The van der Waals surface area contributed by atoms with Gasteiger partial charge in [0.05, 0.1) is 24.7 Å². The Morgan fingerprint density at radius 2 is 1.89 bits per heavy atom. The third kappa shape index (κ3) is 2.14. The van der Waals surface area contributed by atoms with Crippen molar-refractivity contribution in [2.75, 3.05) is 14.2 Å².